The van der Waals surface area contributed by atoms with Crippen LogP contribution in [0, 0.1) is 5.92 Å². The number of aryl methyl sites for hydroxylation is 1. The van der Waals surface area contributed by atoms with E-state index < -0.39 is 0 Å². The van der Waals surface area contributed by atoms with Gasteiger partial charge in [-0.05, 0) is 36.8 Å². The molecule has 1 unspecified atom stereocenters. The van der Waals surface area contributed by atoms with Gasteiger partial charge < -0.3 is 5.32 Å². The normalized spacial score (nSPS) is 20.3. The Labute approximate surface area is 84.9 Å². The van der Waals surface area contributed by atoms with Crippen LogP contribution in [0.5, 0.6) is 0 Å². The molecule has 76 valence electrons. The summed E-state index contributed by atoms with van der Waals surface area (Å²) in [6.07, 6.45) is 4.83. The first kappa shape index (κ1) is 9.44. The highest BCUT2D eigenvalue weighted by Gasteiger charge is 2.18. The van der Waals surface area contributed by atoms with Crippen molar-refractivity contribution in [1.82, 2.24) is 10.2 Å². The predicted octanol–water partition coefficient (Wildman–Crippen LogP) is 2.03. The Hall–Kier alpha value is -1.12. The van der Waals surface area contributed by atoms with Gasteiger partial charge in [-0.25, -0.2) is 0 Å². The third-order valence-corrected chi connectivity index (χ3v) is 3.09. The molecule has 3 heteroatoms. The molecule has 1 atom stereocenters. The van der Waals surface area contributed by atoms with E-state index in [1.54, 1.807) is 0 Å². The van der Waals surface area contributed by atoms with Crippen molar-refractivity contribution in [3.63, 3.8) is 0 Å². The quantitative estimate of drug-likeness (QED) is 0.777. The molecule has 1 aliphatic carbocycles. The molecule has 1 heterocycles. The molecule has 2 rings (SSSR count). The average Bonchev–Trinajstić information content (AvgIpc) is 2.27. The Kier molecular flexibility index (Phi) is 2.66. The van der Waals surface area contributed by atoms with Gasteiger partial charge in [0, 0.05) is 7.05 Å². The van der Waals surface area contributed by atoms with Crippen molar-refractivity contribution < 1.29 is 0 Å². The molecule has 3 nitrogen and oxygen atoms in total. The van der Waals surface area contributed by atoms with Gasteiger partial charge in [0.15, 0.2) is 0 Å². The third kappa shape index (κ3) is 1.72. The van der Waals surface area contributed by atoms with Gasteiger partial charge in [0.1, 0.15) is 5.82 Å². The SMILES string of the molecule is CCC1CCc2nnc(NC)cc2C1. The first-order valence-corrected chi connectivity index (χ1v) is 5.36. The van der Waals surface area contributed by atoms with Gasteiger partial charge in [0.25, 0.3) is 0 Å². The van der Waals surface area contributed by atoms with Crippen LogP contribution in [-0.2, 0) is 12.8 Å². The summed E-state index contributed by atoms with van der Waals surface area (Å²) < 4.78 is 0. The molecule has 1 aliphatic rings. The molecule has 0 radical (unpaired) electrons. The molecular weight excluding hydrogens is 174 g/mol. The lowest BCUT2D eigenvalue weighted by atomic mass is 9.85. The van der Waals surface area contributed by atoms with Crippen molar-refractivity contribution in [3.05, 3.63) is 17.3 Å². The van der Waals surface area contributed by atoms with Crippen molar-refractivity contribution in [2.24, 2.45) is 5.92 Å². The molecule has 0 bridgehead atoms. The largest absolute Gasteiger partial charge is 0.372 e. The number of hydrogen-bond acceptors (Lipinski definition) is 3. The highest BCUT2D eigenvalue weighted by molar-refractivity contribution is 5.38. The van der Waals surface area contributed by atoms with Crippen LogP contribution in [0.2, 0.25) is 0 Å². The Balaban J connectivity index is 2.25. The van der Waals surface area contributed by atoms with Crippen LogP contribution in [-0.4, -0.2) is 17.2 Å². The first-order valence-electron chi connectivity index (χ1n) is 5.36. The van der Waals surface area contributed by atoms with E-state index in [0.29, 0.717) is 0 Å². The van der Waals surface area contributed by atoms with Crippen LogP contribution in [0.1, 0.15) is 31.0 Å². The van der Waals surface area contributed by atoms with E-state index in [9.17, 15) is 0 Å². The zero-order valence-electron chi connectivity index (χ0n) is 8.88. The van der Waals surface area contributed by atoms with E-state index in [1.165, 1.54) is 30.5 Å². The summed E-state index contributed by atoms with van der Waals surface area (Å²) in [4.78, 5) is 0. The van der Waals surface area contributed by atoms with Crippen LogP contribution in [0.25, 0.3) is 0 Å². The summed E-state index contributed by atoms with van der Waals surface area (Å²) in [5.41, 5.74) is 2.59. The molecule has 0 saturated carbocycles. The van der Waals surface area contributed by atoms with Crippen LogP contribution in [0.4, 0.5) is 5.82 Å². The fraction of sp³-hybridized carbons (Fsp3) is 0.636. The summed E-state index contributed by atoms with van der Waals surface area (Å²) >= 11 is 0. The van der Waals surface area contributed by atoms with Crippen molar-refractivity contribution in [3.8, 4) is 0 Å². The number of nitrogens with one attached hydrogen (secondary N) is 1. The lowest BCUT2D eigenvalue weighted by molar-refractivity contribution is 0.437. The zero-order valence-corrected chi connectivity index (χ0v) is 8.88. The molecule has 0 spiro atoms. The van der Waals surface area contributed by atoms with Crippen molar-refractivity contribution in [2.75, 3.05) is 12.4 Å². The van der Waals surface area contributed by atoms with Crippen LogP contribution < -0.4 is 5.32 Å². The fourth-order valence-corrected chi connectivity index (χ4v) is 2.07. The maximum Gasteiger partial charge on any atom is 0.148 e. The van der Waals surface area contributed by atoms with E-state index >= 15 is 0 Å². The number of nitrogens with zero attached hydrogens (tertiary/aromatic N) is 2. The summed E-state index contributed by atoms with van der Waals surface area (Å²) in [5.74, 6) is 1.73. The van der Waals surface area contributed by atoms with Gasteiger partial charge in [0.2, 0.25) is 0 Å². The van der Waals surface area contributed by atoms with Crippen molar-refractivity contribution in [1.29, 1.82) is 0 Å². The molecule has 0 fully saturated rings. The summed E-state index contributed by atoms with van der Waals surface area (Å²) in [7, 11) is 1.89. The molecule has 0 aliphatic heterocycles. The maximum absolute atomic E-state index is 4.25. The number of fused-ring (bicyclic) bond motifs is 1. The summed E-state index contributed by atoms with van der Waals surface area (Å²) in [5, 5.41) is 11.4. The minimum absolute atomic E-state index is 0.844. The van der Waals surface area contributed by atoms with Crippen molar-refractivity contribution >= 4 is 5.82 Å². The highest BCUT2D eigenvalue weighted by atomic mass is 15.2. The topological polar surface area (TPSA) is 37.8 Å². The van der Waals surface area contributed by atoms with Gasteiger partial charge in [0.05, 0.1) is 5.69 Å². The molecule has 0 saturated heterocycles. The maximum atomic E-state index is 4.25. The van der Waals surface area contributed by atoms with Crippen LogP contribution >= 0.6 is 0 Å². The van der Waals surface area contributed by atoms with Gasteiger partial charge >= 0.3 is 0 Å². The number of aromatic nitrogens is 2. The van der Waals surface area contributed by atoms with E-state index in [1.807, 2.05) is 7.05 Å². The van der Waals surface area contributed by atoms with E-state index in [4.69, 9.17) is 0 Å². The first-order chi connectivity index (χ1) is 6.83. The minimum atomic E-state index is 0.844. The second kappa shape index (κ2) is 3.95. The summed E-state index contributed by atoms with van der Waals surface area (Å²) in [6.45, 7) is 2.27. The molecule has 1 N–H and O–H groups in total. The van der Waals surface area contributed by atoms with Gasteiger partial charge in [-0.2, -0.15) is 5.10 Å². The molecular formula is C11H17N3. The molecule has 1 aromatic rings. The predicted molar refractivity (Wildman–Crippen MR) is 57.4 cm³/mol. The second-order valence-corrected chi connectivity index (χ2v) is 3.97. The van der Waals surface area contributed by atoms with E-state index in [-0.39, 0.29) is 0 Å². The van der Waals surface area contributed by atoms with Gasteiger partial charge in [-0.1, -0.05) is 13.3 Å². The van der Waals surface area contributed by atoms with Gasteiger partial charge in [-0.3, -0.25) is 0 Å². The summed E-state index contributed by atoms with van der Waals surface area (Å²) in [6, 6.07) is 2.14. The average molecular weight is 191 g/mol. The Morgan fingerprint density at radius 1 is 1.50 bits per heavy atom. The minimum Gasteiger partial charge on any atom is -0.372 e. The number of hydrogen-bond donors (Lipinski definition) is 1. The monoisotopic (exact) mass is 191 g/mol. The standard InChI is InChI=1S/C11H17N3/c1-3-8-4-5-10-9(6-8)7-11(12-2)14-13-10/h7-8H,3-6H2,1-2H3,(H,12,14). The number of anilines is 1. The smallest absolute Gasteiger partial charge is 0.148 e. The molecule has 0 amide bonds. The van der Waals surface area contributed by atoms with Crippen LogP contribution in [0.15, 0.2) is 6.07 Å². The lowest BCUT2D eigenvalue weighted by Gasteiger charge is -2.22. The zero-order chi connectivity index (χ0) is 9.97. The fourth-order valence-electron chi connectivity index (χ4n) is 2.07. The Bertz CT molecular complexity index is 322. The lowest BCUT2D eigenvalue weighted by Crippen LogP contribution is -2.16. The second-order valence-electron chi connectivity index (χ2n) is 3.97. The Morgan fingerprint density at radius 2 is 2.36 bits per heavy atom. The molecule has 14 heavy (non-hydrogen) atoms. The van der Waals surface area contributed by atoms with E-state index in [0.717, 1.165) is 18.2 Å². The third-order valence-electron chi connectivity index (χ3n) is 3.09. The van der Waals surface area contributed by atoms with Gasteiger partial charge in [-0.15, -0.1) is 5.10 Å². The molecule has 1 aromatic heterocycles. The van der Waals surface area contributed by atoms with E-state index in [2.05, 4.69) is 28.5 Å². The number of rotatable bonds is 2. The highest BCUT2D eigenvalue weighted by Crippen LogP contribution is 2.26. The molecule has 0 aromatic carbocycles. The Morgan fingerprint density at radius 3 is 3.07 bits per heavy atom. The van der Waals surface area contributed by atoms with Crippen molar-refractivity contribution in [2.45, 2.75) is 32.6 Å². The van der Waals surface area contributed by atoms with Crippen LogP contribution in [0.3, 0.4) is 0 Å².